The van der Waals surface area contributed by atoms with E-state index in [1.54, 1.807) is 0 Å². The number of nitrogens with zero attached hydrogens (tertiary/aromatic N) is 2. The van der Waals surface area contributed by atoms with Gasteiger partial charge in [-0.25, -0.2) is 0 Å². The molecule has 1 N–H and O–H groups in total. The van der Waals surface area contributed by atoms with E-state index in [1.807, 2.05) is 11.3 Å². The molecule has 86 valence electrons. The number of rotatable bonds is 4. The quantitative estimate of drug-likeness (QED) is 0.870. The van der Waals surface area contributed by atoms with Crippen molar-refractivity contribution < 1.29 is 0 Å². The molecular formula is C12H17N3S. The first-order valence-electron chi connectivity index (χ1n) is 6.47. The van der Waals surface area contributed by atoms with Crippen molar-refractivity contribution in [2.75, 3.05) is 0 Å². The third-order valence-electron chi connectivity index (χ3n) is 4.29. The smallest absolute Gasteiger partial charge is 0.131 e. The zero-order chi connectivity index (χ0) is 10.5. The molecule has 4 rings (SSSR count). The molecular weight excluding hydrogens is 218 g/mol. The first-order valence-corrected chi connectivity index (χ1v) is 7.29. The van der Waals surface area contributed by atoms with Crippen LogP contribution in [0.25, 0.3) is 0 Å². The third kappa shape index (κ3) is 1.59. The second-order valence-corrected chi connectivity index (χ2v) is 6.57. The maximum atomic E-state index is 4.39. The minimum atomic E-state index is 0.771. The van der Waals surface area contributed by atoms with Crippen LogP contribution in [0.1, 0.15) is 48.0 Å². The molecule has 16 heavy (non-hydrogen) atoms. The molecule has 0 amide bonds. The molecule has 2 atom stereocenters. The van der Waals surface area contributed by atoms with Crippen molar-refractivity contribution in [3.63, 3.8) is 0 Å². The minimum absolute atomic E-state index is 0.771. The van der Waals surface area contributed by atoms with Crippen molar-refractivity contribution in [2.24, 2.45) is 11.8 Å². The highest BCUT2D eigenvalue weighted by molar-refractivity contribution is 7.11. The molecule has 3 aliphatic carbocycles. The van der Waals surface area contributed by atoms with Crippen LogP contribution in [0.15, 0.2) is 0 Å². The molecule has 1 aromatic rings. The molecule has 4 heteroatoms. The van der Waals surface area contributed by atoms with Gasteiger partial charge in [-0.2, -0.15) is 0 Å². The van der Waals surface area contributed by atoms with Gasteiger partial charge in [-0.1, -0.05) is 17.8 Å². The summed E-state index contributed by atoms with van der Waals surface area (Å²) in [7, 11) is 0. The van der Waals surface area contributed by atoms with Crippen molar-refractivity contribution in [2.45, 2.75) is 50.6 Å². The van der Waals surface area contributed by atoms with E-state index < -0.39 is 0 Å². The van der Waals surface area contributed by atoms with Crippen molar-refractivity contribution in [1.82, 2.24) is 15.5 Å². The van der Waals surface area contributed by atoms with E-state index in [0.29, 0.717) is 0 Å². The maximum absolute atomic E-state index is 4.39. The summed E-state index contributed by atoms with van der Waals surface area (Å²) in [5, 5.41) is 14.7. The van der Waals surface area contributed by atoms with Crippen LogP contribution >= 0.6 is 11.3 Å². The van der Waals surface area contributed by atoms with Gasteiger partial charge in [0, 0.05) is 18.5 Å². The zero-order valence-corrected chi connectivity index (χ0v) is 10.2. The molecule has 0 saturated heterocycles. The maximum Gasteiger partial charge on any atom is 0.131 e. The lowest BCUT2D eigenvalue weighted by molar-refractivity contribution is 0.667. The van der Waals surface area contributed by atoms with Gasteiger partial charge in [-0.15, -0.1) is 10.2 Å². The van der Waals surface area contributed by atoms with Crippen molar-refractivity contribution in [3.8, 4) is 0 Å². The summed E-state index contributed by atoms with van der Waals surface area (Å²) in [5.74, 6) is 2.73. The fraction of sp³-hybridized carbons (Fsp3) is 0.833. The Bertz CT molecular complexity index is 389. The highest BCUT2D eigenvalue weighted by Gasteiger charge is 2.54. The van der Waals surface area contributed by atoms with E-state index >= 15 is 0 Å². The molecule has 0 aromatic carbocycles. The van der Waals surface area contributed by atoms with Crippen LogP contribution in [0.4, 0.5) is 0 Å². The molecule has 1 aromatic heterocycles. The van der Waals surface area contributed by atoms with Crippen molar-refractivity contribution >= 4 is 11.3 Å². The topological polar surface area (TPSA) is 37.8 Å². The molecule has 0 radical (unpaired) electrons. The summed E-state index contributed by atoms with van der Waals surface area (Å²) < 4.78 is 0. The lowest BCUT2D eigenvalue weighted by atomic mass is 10.2. The molecule has 0 aliphatic heterocycles. The van der Waals surface area contributed by atoms with E-state index in [4.69, 9.17) is 0 Å². The predicted octanol–water partition coefficient (Wildman–Crippen LogP) is 2.30. The highest BCUT2D eigenvalue weighted by Crippen LogP contribution is 2.63. The predicted molar refractivity (Wildman–Crippen MR) is 63.3 cm³/mol. The first kappa shape index (κ1) is 9.54. The van der Waals surface area contributed by atoms with Crippen molar-refractivity contribution in [1.29, 1.82) is 0 Å². The Morgan fingerprint density at radius 3 is 2.69 bits per heavy atom. The van der Waals surface area contributed by atoms with Crippen LogP contribution in [0.2, 0.25) is 0 Å². The third-order valence-corrected chi connectivity index (χ3v) is 5.32. The summed E-state index contributed by atoms with van der Waals surface area (Å²) in [5.41, 5.74) is 0. The number of hydrogen-bond acceptors (Lipinski definition) is 4. The van der Waals surface area contributed by atoms with Crippen LogP contribution < -0.4 is 5.32 Å². The van der Waals surface area contributed by atoms with Gasteiger partial charge in [0.2, 0.25) is 0 Å². The molecule has 0 spiro atoms. The Kier molecular flexibility index (Phi) is 2.09. The van der Waals surface area contributed by atoms with Crippen LogP contribution in [0.5, 0.6) is 0 Å². The monoisotopic (exact) mass is 235 g/mol. The number of aromatic nitrogens is 2. The van der Waals surface area contributed by atoms with Crippen LogP contribution in [-0.2, 0) is 6.54 Å². The molecule has 3 saturated carbocycles. The second-order valence-electron chi connectivity index (χ2n) is 5.47. The highest BCUT2D eigenvalue weighted by atomic mass is 32.1. The Morgan fingerprint density at radius 2 is 1.94 bits per heavy atom. The molecule has 3 nitrogen and oxygen atoms in total. The van der Waals surface area contributed by atoms with Gasteiger partial charge in [0.25, 0.3) is 0 Å². The Balaban J connectivity index is 1.41. The fourth-order valence-corrected chi connectivity index (χ4v) is 4.23. The second kappa shape index (κ2) is 3.50. The number of nitrogens with one attached hydrogen (secondary N) is 1. The Morgan fingerprint density at radius 1 is 1.12 bits per heavy atom. The normalized spacial score (nSPS) is 36.4. The summed E-state index contributed by atoms with van der Waals surface area (Å²) in [4.78, 5) is 0. The van der Waals surface area contributed by atoms with Gasteiger partial charge in [0.05, 0.1) is 0 Å². The van der Waals surface area contributed by atoms with E-state index in [2.05, 4.69) is 15.5 Å². The number of fused-ring (bicyclic) bond motifs is 1. The van der Waals surface area contributed by atoms with Gasteiger partial charge >= 0.3 is 0 Å². The average Bonchev–Trinajstić information content (AvgIpc) is 3.15. The number of hydrogen-bond donors (Lipinski definition) is 1. The largest absolute Gasteiger partial charge is 0.308 e. The summed E-state index contributed by atoms with van der Waals surface area (Å²) in [6, 6.07) is 0.771. The van der Waals surface area contributed by atoms with Crippen LogP contribution in [0, 0.1) is 11.8 Å². The van der Waals surface area contributed by atoms with Gasteiger partial charge in [0.15, 0.2) is 0 Å². The van der Waals surface area contributed by atoms with Crippen molar-refractivity contribution in [3.05, 3.63) is 10.0 Å². The van der Waals surface area contributed by atoms with Crippen LogP contribution in [0.3, 0.4) is 0 Å². The molecule has 3 aliphatic rings. The summed E-state index contributed by atoms with van der Waals surface area (Å²) in [6.45, 7) is 0.935. The Hall–Kier alpha value is -0.480. The molecule has 1 heterocycles. The molecule has 2 unspecified atom stereocenters. The van der Waals surface area contributed by atoms with Gasteiger partial charge in [0.1, 0.15) is 10.0 Å². The molecule has 3 fully saturated rings. The first-order chi connectivity index (χ1) is 7.92. The standard InChI is InChI=1S/C12H17N3S/c1-2-8-9(3-1)11(8)12-15-14-10(16-12)6-13-7-4-5-7/h7-9,11,13H,1-6H2. The zero-order valence-electron chi connectivity index (χ0n) is 9.35. The fourth-order valence-electron chi connectivity index (χ4n) is 3.18. The van der Waals surface area contributed by atoms with E-state index in [1.165, 1.54) is 42.1 Å². The van der Waals surface area contributed by atoms with E-state index in [-0.39, 0.29) is 0 Å². The minimum Gasteiger partial charge on any atom is -0.308 e. The SMILES string of the molecule is C1CC2C(C1)C2c1nnc(CNC2CC2)s1. The van der Waals surface area contributed by atoms with Gasteiger partial charge in [-0.05, 0) is 37.5 Å². The van der Waals surface area contributed by atoms with E-state index in [0.717, 1.165) is 30.3 Å². The lowest BCUT2D eigenvalue weighted by Gasteiger charge is -1.97. The van der Waals surface area contributed by atoms with Crippen LogP contribution in [-0.4, -0.2) is 16.2 Å². The lowest BCUT2D eigenvalue weighted by Crippen LogP contribution is -2.14. The molecule has 0 bridgehead atoms. The van der Waals surface area contributed by atoms with Gasteiger partial charge < -0.3 is 5.32 Å². The summed E-state index contributed by atoms with van der Waals surface area (Å²) in [6.07, 6.45) is 7.01. The summed E-state index contributed by atoms with van der Waals surface area (Å²) >= 11 is 1.85. The van der Waals surface area contributed by atoms with Gasteiger partial charge in [-0.3, -0.25) is 0 Å². The average molecular weight is 235 g/mol. The Labute approximate surface area is 99.7 Å². The van der Waals surface area contributed by atoms with E-state index in [9.17, 15) is 0 Å².